The van der Waals surface area contributed by atoms with Crippen molar-refractivity contribution >= 4 is 0 Å². The number of piperidine rings is 1. The molecular formula is C14H22N2O. The van der Waals surface area contributed by atoms with Crippen molar-refractivity contribution in [2.24, 2.45) is 11.7 Å². The van der Waals surface area contributed by atoms with E-state index in [9.17, 15) is 0 Å². The largest absolute Gasteiger partial charge is 0.469 e. The first kappa shape index (κ1) is 11.3. The molecule has 2 fully saturated rings. The Labute approximate surface area is 103 Å². The summed E-state index contributed by atoms with van der Waals surface area (Å²) in [6.07, 6.45) is 7.90. The molecule has 2 N–H and O–H groups in total. The van der Waals surface area contributed by atoms with Crippen molar-refractivity contribution in [3.05, 3.63) is 24.2 Å². The monoisotopic (exact) mass is 234 g/mol. The van der Waals surface area contributed by atoms with Crippen LogP contribution in [0.25, 0.3) is 0 Å². The van der Waals surface area contributed by atoms with E-state index in [1.165, 1.54) is 25.7 Å². The van der Waals surface area contributed by atoms with E-state index in [1.807, 2.05) is 12.1 Å². The molecule has 0 radical (unpaired) electrons. The van der Waals surface area contributed by atoms with Gasteiger partial charge < -0.3 is 15.1 Å². The maximum atomic E-state index is 6.36. The first-order chi connectivity index (χ1) is 8.24. The molecule has 0 amide bonds. The van der Waals surface area contributed by atoms with Crippen LogP contribution in [0.3, 0.4) is 0 Å². The minimum absolute atomic E-state index is 0.262. The smallest absolute Gasteiger partial charge is 0.105 e. The first-order valence-corrected chi connectivity index (χ1v) is 6.74. The van der Waals surface area contributed by atoms with Gasteiger partial charge in [0.15, 0.2) is 0 Å². The van der Waals surface area contributed by atoms with E-state index in [-0.39, 0.29) is 6.04 Å². The molecule has 2 bridgehead atoms. The molecule has 3 atom stereocenters. The van der Waals surface area contributed by atoms with Crippen LogP contribution in [0.5, 0.6) is 0 Å². The minimum atomic E-state index is 0.262. The highest BCUT2D eigenvalue weighted by molar-refractivity contribution is 5.03. The van der Waals surface area contributed by atoms with Gasteiger partial charge in [0.05, 0.1) is 6.26 Å². The summed E-state index contributed by atoms with van der Waals surface area (Å²) >= 11 is 0. The second-order valence-electron chi connectivity index (χ2n) is 5.73. The normalized spacial score (nSPS) is 35.1. The van der Waals surface area contributed by atoms with Gasteiger partial charge in [0.25, 0.3) is 0 Å². The van der Waals surface area contributed by atoms with Crippen LogP contribution in [0, 0.1) is 5.92 Å². The highest BCUT2D eigenvalue weighted by Crippen LogP contribution is 2.38. The second-order valence-corrected chi connectivity index (χ2v) is 5.73. The first-order valence-electron chi connectivity index (χ1n) is 6.74. The Bertz CT molecular complexity index is 348. The molecule has 2 saturated heterocycles. The van der Waals surface area contributed by atoms with Crippen LogP contribution >= 0.6 is 0 Å². The van der Waals surface area contributed by atoms with E-state index in [1.54, 1.807) is 6.26 Å². The Balaban J connectivity index is 1.62. The van der Waals surface area contributed by atoms with Crippen molar-refractivity contribution in [3.8, 4) is 0 Å². The minimum Gasteiger partial charge on any atom is -0.469 e. The van der Waals surface area contributed by atoms with Gasteiger partial charge in [-0.05, 0) is 50.8 Å². The molecule has 3 rings (SSSR count). The molecule has 0 aliphatic carbocycles. The Morgan fingerprint density at radius 2 is 2.12 bits per heavy atom. The molecule has 3 unspecified atom stereocenters. The zero-order chi connectivity index (χ0) is 11.8. The van der Waals surface area contributed by atoms with E-state index < -0.39 is 0 Å². The quantitative estimate of drug-likeness (QED) is 0.870. The molecule has 3 heterocycles. The standard InChI is InChI=1S/C14H22N2O/c1-16-11-4-5-12(16)8-10(7-11)14(15)9-13-3-2-6-17-13/h2-3,6,10-12,14H,4-5,7-9,15H2,1H3. The summed E-state index contributed by atoms with van der Waals surface area (Å²) in [4.78, 5) is 2.57. The fourth-order valence-electron chi connectivity index (χ4n) is 3.63. The maximum absolute atomic E-state index is 6.36. The molecule has 3 nitrogen and oxygen atoms in total. The van der Waals surface area contributed by atoms with Crippen LogP contribution < -0.4 is 5.73 Å². The van der Waals surface area contributed by atoms with Crippen molar-refractivity contribution < 1.29 is 4.42 Å². The van der Waals surface area contributed by atoms with Gasteiger partial charge in [0.2, 0.25) is 0 Å². The molecule has 0 spiro atoms. The molecule has 1 aromatic rings. The number of hydrogen-bond acceptors (Lipinski definition) is 3. The van der Waals surface area contributed by atoms with Crippen molar-refractivity contribution in [2.45, 2.75) is 50.2 Å². The summed E-state index contributed by atoms with van der Waals surface area (Å²) in [5, 5.41) is 0. The lowest BCUT2D eigenvalue weighted by Crippen LogP contribution is -2.46. The summed E-state index contributed by atoms with van der Waals surface area (Å²) in [7, 11) is 2.27. The zero-order valence-electron chi connectivity index (χ0n) is 10.5. The highest BCUT2D eigenvalue weighted by Gasteiger charge is 2.40. The van der Waals surface area contributed by atoms with Gasteiger partial charge >= 0.3 is 0 Å². The van der Waals surface area contributed by atoms with E-state index in [4.69, 9.17) is 10.2 Å². The SMILES string of the molecule is CN1C2CCC1CC(C(N)Cc1ccco1)C2. The predicted molar refractivity (Wildman–Crippen MR) is 67.7 cm³/mol. The average molecular weight is 234 g/mol. The molecule has 2 aliphatic rings. The number of hydrogen-bond donors (Lipinski definition) is 1. The van der Waals surface area contributed by atoms with Crippen molar-refractivity contribution in [1.29, 1.82) is 0 Å². The van der Waals surface area contributed by atoms with Crippen LogP contribution in [0.2, 0.25) is 0 Å². The molecule has 0 aromatic carbocycles. The fraction of sp³-hybridized carbons (Fsp3) is 0.714. The van der Waals surface area contributed by atoms with Crippen LogP contribution in [0.4, 0.5) is 0 Å². The third kappa shape index (κ3) is 2.14. The van der Waals surface area contributed by atoms with Gasteiger partial charge in [-0.1, -0.05) is 0 Å². The van der Waals surface area contributed by atoms with E-state index in [2.05, 4.69) is 11.9 Å². The topological polar surface area (TPSA) is 42.4 Å². The molecule has 1 aromatic heterocycles. The lowest BCUT2D eigenvalue weighted by molar-refractivity contribution is 0.119. The van der Waals surface area contributed by atoms with Crippen LogP contribution in [0.1, 0.15) is 31.4 Å². The van der Waals surface area contributed by atoms with Gasteiger partial charge in [0, 0.05) is 24.5 Å². The Hall–Kier alpha value is -0.800. The van der Waals surface area contributed by atoms with Crippen LogP contribution in [-0.4, -0.2) is 30.1 Å². The summed E-state index contributed by atoms with van der Waals surface area (Å²) < 4.78 is 5.39. The van der Waals surface area contributed by atoms with Crippen molar-refractivity contribution in [1.82, 2.24) is 4.90 Å². The van der Waals surface area contributed by atoms with E-state index in [0.29, 0.717) is 5.92 Å². The Morgan fingerprint density at radius 3 is 2.71 bits per heavy atom. The van der Waals surface area contributed by atoms with Gasteiger partial charge in [-0.2, -0.15) is 0 Å². The average Bonchev–Trinajstić information content (AvgIpc) is 2.86. The van der Waals surface area contributed by atoms with Crippen LogP contribution in [-0.2, 0) is 6.42 Å². The summed E-state index contributed by atoms with van der Waals surface area (Å²) in [5.41, 5.74) is 6.36. The number of fused-ring (bicyclic) bond motifs is 2. The van der Waals surface area contributed by atoms with E-state index in [0.717, 1.165) is 24.3 Å². The predicted octanol–water partition coefficient (Wildman–Crippen LogP) is 2.02. The molecule has 0 saturated carbocycles. The summed E-state index contributed by atoms with van der Waals surface area (Å²) in [6, 6.07) is 5.80. The Morgan fingerprint density at radius 1 is 1.41 bits per heavy atom. The van der Waals surface area contributed by atoms with E-state index >= 15 is 0 Å². The second kappa shape index (κ2) is 4.46. The van der Waals surface area contributed by atoms with Crippen molar-refractivity contribution in [3.63, 3.8) is 0 Å². The van der Waals surface area contributed by atoms with Gasteiger partial charge in [0.1, 0.15) is 5.76 Å². The van der Waals surface area contributed by atoms with Crippen LogP contribution in [0.15, 0.2) is 22.8 Å². The van der Waals surface area contributed by atoms with Gasteiger partial charge in [-0.25, -0.2) is 0 Å². The number of furan rings is 1. The summed E-state index contributed by atoms with van der Waals surface area (Å²) in [6.45, 7) is 0. The third-order valence-electron chi connectivity index (χ3n) is 4.76. The molecule has 3 heteroatoms. The van der Waals surface area contributed by atoms with Gasteiger partial charge in [-0.15, -0.1) is 0 Å². The zero-order valence-corrected chi connectivity index (χ0v) is 10.5. The molecule has 2 aliphatic heterocycles. The molecular weight excluding hydrogens is 212 g/mol. The lowest BCUT2D eigenvalue weighted by atomic mass is 9.84. The highest BCUT2D eigenvalue weighted by atomic mass is 16.3. The number of nitrogens with zero attached hydrogens (tertiary/aromatic N) is 1. The lowest BCUT2D eigenvalue weighted by Gasteiger charge is -2.38. The molecule has 17 heavy (non-hydrogen) atoms. The number of rotatable bonds is 3. The third-order valence-corrected chi connectivity index (χ3v) is 4.76. The number of nitrogens with two attached hydrogens (primary N) is 1. The molecule has 94 valence electrons. The van der Waals surface area contributed by atoms with Gasteiger partial charge in [-0.3, -0.25) is 0 Å². The fourth-order valence-corrected chi connectivity index (χ4v) is 3.63. The summed E-state index contributed by atoms with van der Waals surface area (Å²) in [5.74, 6) is 1.71. The maximum Gasteiger partial charge on any atom is 0.105 e. The van der Waals surface area contributed by atoms with Crippen molar-refractivity contribution in [2.75, 3.05) is 7.05 Å². The Kier molecular flexibility index (Phi) is 2.97.